The molecule has 3 aromatic rings. The lowest BCUT2D eigenvalue weighted by Gasteiger charge is -2.15. The van der Waals surface area contributed by atoms with Gasteiger partial charge in [-0.3, -0.25) is 0 Å². The summed E-state index contributed by atoms with van der Waals surface area (Å²) in [5, 5.41) is 6.08. The minimum atomic E-state index is -4.50. The minimum absolute atomic E-state index is 0.135. The Labute approximate surface area is 202 Å². The molecule has 0 saturated heterocycles. The van der Waals surface area contributed by atoms with E-state index in [2.05, 4.69) is 17.2 Å². The van der Waals surface area contributed by atoms with E-state index < -0.39 is 11.7 Å². The molecule has 0 aliphatic rings. The summed E-state index contributed by atoms with van der Waals surface area (Å²) in [6.45, 7) is 2.43. The van der Waals surface area contributed by atoms with E-state index >= 15 is 0 Å². The van der Waals surface area contributed by atoms with E-state index in [4.69, 9.17) is 16.3 Å². The summed E-state index contributed by atoms with van der Waals surface area (Å²) in [4.78, 5) is 4.49. The molecule has 3 rings (SSSR count). The Morgan fingerprint density at radius 1 is 1.00 bits per heavy atom. The van der Waals surface area contributed by atoms with Gasteiger partial charge in [0.25, 0.3) is 0 Å². The monoisotopic (exact) mass is 496 g/mol. The second-order valence-electron chi connectivity index (χ2n) is 7.90. The Morgan fingerprint density at radius 2 is 1.73 bits per heavy atom. The standard InChI is InChI=1S/C25H28ClF3N2OS/c1-2-3-4-5-6-7-14-32-23-13-12-20(16-22(23)25(27,28)29)30-24-31-21(17-33-24)15-18-8-10-19(26)11-9-18/h8-13,16-17H,2-7,14-15H2,1H3,(H,30,31). The largest absolute Gasteiger partial charge is 0.493 e. The molecule has 0 aliphatic heterocycles. The Balaban J connectivity index is 1.60. The molecule has 178 valence electrons. The van der Waals surface area contributed by atoms with Gasteiger partial charge in [-0.15, -0.1) is 11.3 Å². The molecule has 2 aromatic carbocycles. The second-order valence-corrected chi connectivity index (χ2v) is 9.19. The number of ether oxygens (including phenoxy) is 1. The maximum Gasteiger partial charge on any atom is 0.420 e. The molecule has 1 heterocycles. The zero-order valence-corrected chi connectivity index (χ0v) is 20.1. The van der Waals surface area contributed by atoms with Crippen LogP contribution >= 0.6 is 22.9 Å². The number of rotatable bonds is 12. The Bertz CT molecular complexity index is 1010. The highest BCUT2D eigenvalue weighted by Crippen LogP contribution is 2.38. The van der Waals surface area contributed by atoms with Crippen LogP contribution in [-0.2, 0) is 12.6 Å². The fraction of sp³-hybridized carbons (Fsp3) is 0.400. The van der Waals surface area contributed by atoms with Gasteiger partial charge < -0.3 is 10.1 Å². The first-order valence-electron chi connectivity index (χ1n) is 11.1. The molecule has 0 unspecified atom stereocenters. The summed E-state index contributed by atoms with van der Waals surface area (Å²) < 4.78 is 46.4. The smallest absolute Gasteiger partial charge is 0.420 e. The summed E-state index contributed by atoms with van der Waals surface area (Å²) in [6.07, 6.45) is 2.42. The van der Waals surface area contributed by atoms with Crippen molar-refractivity contribution in [3.63, 3.8) is 0 Å². The van der Waals surface area contributed by atoms with Gasteiger partial charge in [-0.25, -0.2) is 4.98 Å². The van der Waals surface area contributed by atoms with Crippen molar-refractivity contribution >= 4 is 33.8 Å². The van der Waals surface area contributed by atoms with E-state index in [-0.39, 0.29) is 12.4 Å². The van der Waals surface area contributed by atoms with E-state index in [1.54, 1.807) is 6.07 Å². The van der Waals surface area contributed by atoms with Gasteiger partial charge in [-0.05, 0) is 42.3 Å². The van der Waals surface area contributed by atoms with Crippen molar-refractivity contribution in [2.24, 2.45) is 0 Å². The van der Waals surface area contributed by atoms with Gasteiger partial charge in [0.15, 0.2) is 5.13 Å². The molecular formula is C25H28ClF3N2OS. The first-order valence-corrected chi connectivity index (χ1v) is 12.4. The average Bonchev–Trinajstić information content (AvgIpc) is 3.21. The van der Waals surface area contributed by atoms with E-state index in [1.807, 2.05) is 29.6 Å². The number of benzene rings is 2. The maximum absolute atomic E-state index is 13.6. The molecule has 0 radical (unpaired) electrons. The van der Waals surface area contributed by atoms with Gasteiger partial charge in [-0.2, -0.15) is 13.2 Å². The van der Waals surface area contributed by atoms with Crippen LogP contribution in [0.3, 0.4) is 0 Å². The zero-order valence-electron chi connectivity index (χ0n) is 18.6. The van der Waals surface area contributed by atoms with Gasteiger partial charge in [-0.1, -0.05) is 62.8 Å². The molecule has 0 bridgehead atoms. The predicted octanol–water partition coefficient (Wildman–Crippen LogP) is 8.89. The second kappa shape index (κ2) is 12.3. The molecule has 0 atom stereocenters. The van der Waals surface area contributed by atoms with E-state index in [1.165, 1.54) is 23.8 Å². The number of thiazole rings is 1. The summed E-state index contributed by atoms with van der Waals surface area (Å²) in [7, 11) is 0. The van der Waals surface area contributed by atoms with Crippen LogP contribution in [0, 0.1) is 0 Å². The molecule has 0 aliphatic carbocycles. The number of unbranched alkanes of at least 4 members (excludes halogenated alkanes) is 5. The van der Waals surface area contributed by atoms with Crippen LogP contribution in [-0.4, -0.2) is 11.6 Å². The lowest BCUT2D eigenvalue weighted by molar-refractivity contribution is -0.138. The van der Waals surface area contributed by atoms with Gasteiger partial charge >= 0.3 is 6.18 Å². The number of halogens is 4. The summed E-state index contributed by atoms with van der Waals surface area (Å²) in [5.41, 5.74) is 1.43. The molecule has 0 saturated carbocycles. The number of nitrogens with zero attached hydrogens (tertiary/aromatic N) is 1. The molecular weight excluding hydrogens is 469 g/mol. The maximum atomic E-state index is 13.6. The molecule has 3 nitrogen and oxygen atoms in total. The van der Waals surface area contributed by atoms with Crippen LogP contribution in [0.4, 0.5) is 24.0 Å². The van der Waals surface area contributed by atoms with Crippen LogP contribution in [0.5, 0.6) is 5.75 Å². The molecule has 33 heavy (non-hydrogen) atoms. The molecule has 0 fully saturated rings. The fourth-order valence-corrected chi connectivity index (χ4v) is 4.26. The van der Waals surface area contributed by atoms with Crippen LogP contribution in [0.25, 0.3) is 0 Å². The molecule has 1 aromatic heterocycles. The Hall–Kier alpha value is -2.25. The van der Waals surface area contributed by atoms with Crippen molar-refractivity contribution in [3.8, 4) is 5.75 Å². The minimum Gasteiger partial charge on any atom is -0.493 e. The quantitative estimate of drug-likeness (QED) is 0.254. The van der Waals surface area contributed by atoms with Crippen LogP contribution in [0.2, 0.25) is 5.02 Å². The van der Waals surface area contributed by atoms with Crippen LogP contribution in [0.15, 0.2) is 47.8 Å². The number of hydrogen-bond donors (Lipinski definition) is 1. The highest BCUT2D eigenvalue weighted by Gasteiger charge is 2.34. The van der Waals surface area contributed by atoms with E-state index in [0.717, 1.165) is 49.4 Å². The van der Waals surface area contributed by atoms with Crippen LogP contribution < -0.4 is 10.1 Å². The van der Waals surface area contributed by atoms with Gasteiger partial charge in [0.1, 0.15) is 5.75 Å². The summed E-state index contributed by atoms with van der Waals surface area (Å²) in [5.74, 6) is -0.135. The first-order chi connectivity index (χ1) is 15.8. The fourth-order valence-electron chi connectivity index (χ4n) is 3.40. The van der Waals surface area contributed by atoms with Crippen molar-refractivity contribution in [2.75, 3.05) is 11.9 Å². The number of aromatic nitrogens is 1. The summed E-state index contributed by atoms with van der Waals surface area (Å²) in [6, 6.07) is 11.5. The molecule has 0 amide bonds. The highest BCUT2D eigenvalue weighted by atomic mass is 35.5. The van der Waals surface area contributed by atoms with Crippen LogP contribution in [0.1, 0.15) is 62.3 Å². The van der Waals surface area contributed by atoms with Crippen molar-refractivity contribution in [3.05, 3.63) is 69.7 Å². The number of alkyl halides is 3. The molecule has 1 N–H and O–H groups in total. The van der Waals surface area contributed by atoms with Crippen molar-refractivity contribution in [1.29, 1.82) is 0 Å². The third-order valence-electron chi connectivity index (χ3n) is 5.14. The van der Waals surface area contributed by atoms with Gasteiger partial charge in [0.2, 0.25) is 0 Å². The van der Waals surface area contributed by atoms with Gasteiger partial charge in [0.05, 0.1) is 17.9 Å². The van der Waals surface area contributed by atoms with Gasteiger partial charge in [0, 0.05) is 22.5 Å². The third-order valence-corrected chi connectivity index (χ3v) is 6.20. The molecule has 8 heteroatoms. The molecule has 0 spiro atoms. The lowest BCUT2D eigenvalue weighted by Crippen LogP contribution is -2.10. The van der Waals surface area contributed by atoms with Crippen molar-refractivity contribution < 1.29 is 17.9 Å². The Kier molecular flexibility index (Phi) is 9.44. The SMILES string of the molecule is CCCCCCCCOc1ccc(Nc2nc(Cc3ccc(Cl)cc3)cs2)cc1C(F)(F)F. The van der Waals surface area contributed by atoms with Crippen molar-refractivity contribution in [1.82, 2.24) is 4.98 Å². The van der Waals surface area contributed by atoms with E-state index in [9.17, 15) is 13.2 Å². The Morgan fingerprint density at radius 3 is 2.45 bits per heavy atom. The predicted molar refractivity (Wildman–Crippen MR) is 130 cm³/mol. The highest BCUT2D eigenvalue weighted by molar-refractivity contribution is 7.13. The number of nitrogens with one attached hydrogen (secondary N) is 1. The number of anilines is 2. The third kappa shape index (κ3) is 8.23. The average molecular weight is 497 g/mol. The van der Waals surface area contributed by atoms with E-state index in [0.29, 0.717) is 22.3 Å². The lowest BCUT2D eigenvalue weighted by atomic mass is 10.1. The zero-order chi connectivity index (χ0) is 23.7. The normalized spacial score (nSPS) is 11.5. The number of hydrogen-bond acceptors (Lipinski definition) is 4. The van der Waals surface area contributed by atoms with Crippen molar-refractivity contribution in [2.45, 2.75) is 58.0 Å². The topological polar surface area (TPSA) is 34.1 Å². The summed E-state index contributed by atoms with van der Waals surface area (Å²) >= 11 is 7.26. The first kappa shape index (κ1) is 25.4.